The van der Waals surface area contributed by atoms with Crippen LogP contribution in [-0.4, -0.2) is 41.2 Å². The average molecular weight is 550 g/mol. The second-order valence-electron chi connectivity index (χ2n) is 8.47. The number of hydrogen-bond donors (Lipinski definition) is 1. The topological polar surface area (TPSA) is 58.4 Å². The van der Waals surface area contributed by atoms with Gasteiger partial charge >= 0.3 is 6.18 Å². The first-order chi connectivity index (χ1) is 18.2. The Morgan fingerprint density at radius 2 is 1.61 bits per heavy atom. The molecular weight excluding hydrogens is 511 g/mol. The second-order valence-corrected chi connectivity index (χ2v) is 9.45. The van der Waals surface area contributed by atoms with Gasteiger partial charge in [-0.1, -0.05) is 52.0 Å². The highest BCUT2D eigenvalue weighted by molar-refractivity contribution is 7.99. The largest absolute Gasteiger partial charge is 0.441 e. The molecule has 3 aromatic rings. The lowest BCUT2D eigenvalue weighted by Gasteiger charge is -2.17. The molecule has 0 unspecified atom stereocenters. The Kier molecular flexibility index (Phi) is 12.9. The number of aromatic nitrogens is 1. The van der Waals surface area contributed by atoms with Gasteiger partial charge in [0.25, 0.3) is 0 Å². The summed E-state index contributed by atoms with van der Waals surface area (Å²) in [5.41, 5.74) is 3.03. The van der Waals surface area contributed by atoms with Gasteiger partial charge in [-0.05, 0) is 61.8 Å². The standard InChI is InChI=1S/C27H32F3N3O2S.C2H6/c1-4-33(5-2)16-21-6-10-22(11-7-21)26-32-24(19(3)35-26)17-36-18-25(34)31-15-14-20-8-12-23(13-9-20)27(28,29)30;1-2/h6-13H,4-5,14-18H2,1-3H3,(H,31,34);1-2H3. The molecular formula is C29H38F3N3O2S. The average Bonchev–Trinajstić information content (AvgIpc) is 3.28. The number of nitrogens with one attached hydrogen (secondary N) is 1. The van der Waals surface area contributed by atoms with E-state index in [-0.39, 0.29) is 11.7 Å². The van der Waals surface area contributed by atoms with Crippen LogP contribution >= 0.6 is 11.8 Å². The van der Waals surface area contributed by atoms with Crippen LogP contribution in [0.25, 0.3) is 11.5 Å². The number of thioether (sulfide) groups is 1. The highest BCUT2D eigenvalue weighted by Gasteiger charge is 2.29. The lowest BCUT2D eigenvalue weighted by atomic mass is 10.1. The van der Waals surface area contributed by atoms with E-state index in [1.54, 1.807) is 0 Å². The summed E-state index contributed by atoms with van der Waals surface area (Å²) >= 11 is 1.44. The van der Waals surface area contributed by atoms with E-state index in [9.17, 15) is 18.0 Å². The molecule has 0 saturated carbocycles. The van der Waals surface area contributed by atoms with Crippen LogP contribution in [0.1, 0.15) is 55.8 Å². The summed E-state index contributed by atoms with van der Waals surface area (Å²) in [5, 5.41) is 2.81. The van der Waals surface area contributed by atoms with E-state index in [0.29, 0.717) is 24.6 Å². The fourth-order valence-corrected chi connectivity index (χ4v) is 4.49. The predicted octanol–water partition coefficient (Wildman–Crippen LogP) is 7.13. The van der Waals surface area contributed by atoms with Crippen molar-refractivity contribution in [2.24, 2.45) is 0 Å². The van der Waals surface area contributed by atoms with Crippen molar-refractivity contribution in [3.05, 3.63) is 76.7 Å². The molecule has 0 spiro atoms. The number of aryl methyl sites for hydroxylation is 1. The minimum atomic E-state index is -4.34. The van der Waals surface area contributed by atoms with Crippen LogP contribution in [0.2, 0.25) is 0 Å². The maximum atomic E-state index is 12.6. The van der Waals surface area contributed by atoms with E-state index in [1.165, 1.54) is 29.5 Å². The zero-order chi connectivity index (χ0) is 28.1. The van der Waals surface area contributed by atoms with E-state index in [1.807, 2.05) is 32.9 Å². The van der Waals surface area contributed by atoms with Crippen molar-refractivity contribution in [3.63, 3.8) is 0 Å². The minimum Gasteiger partial charge on any atom is -0.441 e. The molecule has 0 aliphatic heterocycles. The van der Waals surface area contributed by atoms with Crippen LogP contribution in [0.15, 0.2) is 52.9 Å². The normalized spacial score (nSPS) is 11.3. The zero-order valence-electron chi connectivity index (χ0n) is 22.8. The highest BCUT2D eigenvalue weighted by Crippen LogP contribution is 2.29. The third-order valence-corrected chi connectivity index (χ3v) is 6.83. The first-order valence-corrected chi connectivity index (χ1v) is 14.1. The van der Waals surface area contributed by atoms with Gasteiger partial charge in [0, 0.05) is 24.4 Å². The number of oxazole rings is 1. The molecule has 0 aliphatic carbocycles. The smallest absolute Gasteiger partial charge is 0.416 e. The predicted molar refractivity (Wildman–Crippen MR) is 149 cm³/mol. The van der Waals surface area contributed by atoms with Gasteiger partial charge in [-0.25, -0.2) is 4.98 Å². The first kappa shape index (κ1) is 31.4. The maximum absolute atomic E-state index is 12.6. The summed E-state index contributed by atoms with van der Waals surface area (Å²) in [6.45, 7) is 13.5. The number of carbonyl (C=O) groups is 1. The number of hydrogen-bond acceptors (Lipinski definition) is 5. The molecule has 0 aliphatic rings. The molecule has 0 radical (unpaired) electrons. The van der Waals surface area contributed by atoms with Crippen LogP contribution in [0.4, 0.5) is 13.2 Å². The van der Waals surface area contributed by atoms with Gasteiger partial charge in [-0.3, -0.25) is 9.69 Å². The molecule has 0 saturated heterocycles. The van der Waals surface area contributed by atoms with E-state index < -0.39 is 11.7 Å². The summed E-state index contributed by atoms with van der Waals surface area (Å²) in [6, 6.07) is 13.2. The van der Waals surface area contributed by atoms with Crippen molar-refractivity contribution in [3.8, 4) is 11.5 Å². The Bertz CT molecular complexity index is 1110. The molecule has 1 amide bonds. The van der Waals surface area contributed by atoms with Crippen molar-refractivity contribution in [2.75, 3.05) is 25.4 Å². The maximum Gasteiger partial charge on any atom is 0.416 e. The Morgan fingerprint density at radius 1 is 1.00 bits per heavy atom. The van der Waals surface area contributed by atoms with E-state index in [2.05, 4.69) is 41.2 Å². The molecule has 1 N–H and O–H groups in total. The molecule has 38 heavy (non-hydrogen) atoms. The van der Waals surface area contributed by atoms with E-state index >= 15 is 0 Å². The molecule has 5 nitrogen and oxygen atoms in total. The second kappa shape index (κ2) is 15.6. The zero-order valence-corrected chi connectivity index (χ0v) is 23.6. The third-order valence-electron chi connectivity index (χ3n) is 5.88. The number of carbonyl (C=O) groups excluding carboxylic acids is 1. The van der Waals surface area contributed by atoms with Gasteiger partial charge in [0.1, 0.15) is 5.76 Å². The summed E-state index contributed by atoms with van der Waals surface area (Å²) in [4.78, 5) is 19.1. The van der Waals surface area contributed by atoms with Crippen LogP contribution in [-0.2, 0) is 29.7 Å². The van der Waals surface area contributed by atoms with Crippen LogP contribution in [0.3, 0.4) is 0 Å². The molecule has 1 aromatic heterocycles. The van der Waals surface area contributed by atoms with Gasteiger partial charge in [-0.15, -0.1) is 11.8 Å². The number of benzene rings is 2. The van der Waals surface area contributed by atoms with Gasteiger partial charge < -0.3 is 9.73 Å². The number of alkyl halides is 3. The number of nitrogens with zero attached hydrogens (tertiary/aromatic N) is 2. The quantitative estimate of drug-likeness (QED) is 0.260. The monoisotopic (exact) mass is 549 g/mol. The van der Waals surface area contributed by atoms with Gasteiger partial charge in [0.05, 0.1) is 17.0 Å². The Balaban J connectivity index is 0.00000247. The Morgan fingerprint density at radius 3 is 2.18 bits per heavy atom. The minimum absolute atomic E-state index is 0.128. The summed E-state index contributed by atoms with van der Waals surface area (Å²) < 4.78 is 43.8. The SMILES string of the molecule is CC.CCN(CC)Cc1ccc(-c2nc(CSCC(=O)NCCc3ccc(C(F)(F)F)cc3)c(C)o2)cc1. The molecule has 0 bridgehead atoms. The fraction of sp³-hybridized carbons (Fsp3) is 0.448. The Labute approximate surface area is 228 Å². The van der Waals surface area contributed by atoms with Crippen molar-refractivity contribution in [1.29, 1.82) is 0 Å². The molecule has 0 fully saturated rings. The number of amides is 1. The lowest BCUT2D eigenvalue weighted by Crippen LogP contribution is -2.27. The molecule has 0 atom stereocenters. The summed E-state index contributed by atoms with van der Waals surface area (Å²) in [6.07, 6.45) is -3.88. The Hall–Kier alpha value is -2.78. The summed E-state index contributed by atoms with van der Waals surface area (Å²) in [7, 11) is 0. The first-order valence-electron chi connectivity index (χ1n) is 13.0. The van der Waals surface area contributed by atoms with Gasteiger partial charge in [0.2, 0.25) is 11.8 Å². The molecule has 9 heteroatoms. The van der Waals surface area contributed by atoms with E-state index in [4.69, 9.17) is 4.42 Å². The van der Waals surface area contributed by atoms with Gasteiger partial charge in [0.15, 0.2) is 0 Å². The molecule has 2 aromatic carbocycles. The van der Waals surface area contributed by atoms with Crippen molar-refractivity contribution in [1.82, 2.24) is 15.2 Å². The van der Waals surface area contributed by atoms with Crippen LogP contribution in [0, 0.1) is 6.92 Å². The molecule has 3 rings (SSSR count). The highest BCUT2D eigenvalue weighted by atomic mass is 32.2. The molecule has 1 heterocycles. The van der Waals surface area contributed by atoms with Gasteiger partial charge in [-0.2, -0.15) is 13.2 Å². The lowest BCUT2D eigenvalue weighted by molar-refractivity contribution is -0.137. The van der Waals surface area contributed by atoms with Crippen molar-refractivity contribution < 1.29 is 22.4 Å². The van der Waals surface area contributed by atoms with Crippen LogP contribution in [0.5, 0.6) is 0 Å². The number of rotatable bonds is 12. The van der Waals surface area contributed by atoms with E-state index in [0.717, 1.165) is 54.3 Å². The fourth-order valence-electron chi connectivity index (χ4n) is 3.64. The molecule has 208 valence electrons. The third kappa shape index (κ3) is 9.83. The summed E-state index contributed by atoms with van der Waals surface area (Å²) in [5.74, 6) is 1.97. The number of halogens is 3. The van der Waals surface area contributed by atoms with Crippen molar-refractivity contribution in [2.45, 2.75) is 59.5 Å². The van der Waals surface area contributed by atoms with Crippen molar-refractivity contribution >= 4 is 17.7 Å². The van der Waals surface area contributed by atoms with Crippen LogP contribution < -0.4 is 5.32 Å².